The van der Waals surface area contributed by atoms with E-state index in [4.69, 9.17) is 4.74 Å². The normalized spacial score (nSPS) is 12.1. The van der Waals surface area contributed by atoms with Gasteiger partial charge >= 0.3 is 12.1 Å². The van der Waals surface area contributed by atoms with Crippen molar-refractivity contribution in [3.63, 3.8) is 0 Å². The molecule has 4 rings (SSSR count). The minimum absolute atomic E-state index is 0.0536. The molecule has 0 spiro atoms. The fourth-order valence-corrected chi connectivity index (χ4v) is 3.99. The molecule has 1 N–H and O–H groups in total. The molecule has 5 nitrogen and oxygen atoms in total. The lowest BCUT2D eigenvalue weighted by atomic mass is 9.98. The Morgan fingerprint density at radius 3 is 2.00 bits per heavy atom. The van der Waals surface area contributed by atoms with Crippen molar-refractivity contribution in [1.29, 1.82) is 0 Å². The van der Waals surface area contributed by atoms with Gasteiger partial charge in [0.15, 0.2) is 0 Å². The number of nitrogens with zero attached hydrogens (tertiary/aromatic N) is 1. The number of rotatable bonds is 7. The van der Waals surface area contributed by atoms with Gasteiger partial charge in [0.2, 0.25) is 0 Å². The van der Waals surface area contributed by atoms with Crippen molar-refractivity contribution in [1.82, 2.24) is 4.90 Å². The Morgan fingerprint density at radius 1 is 0.833 bits per heavy atom. The van der Waals surface area contributed by atoms with Crippen LogP contribution in [0.3, 0.4) is 0 Å². The number of carboxylic acid groups (broad SMARTS) is 1. The quantitative estimate of drug-likeness (QED) is 0.630. The van der Waals surface area contributed by atoms with E-state index in [1.54, 1.807) is 0 Å². The Bertz CT molecular complexity index is 1000. The molecule has 0 radical (unpaired) electrons. The zero-order valence-corrected chi connectivity index (χ0v) is 16.5. The van der Waals surface area contributed by atoms with Crippen LogP contribution >= 0.6 is 0 Å². The lowest BCUT2D eigenvalue weighted by molar-refractivity contribution is -0.138. The summed E-state index contributed by atoms with van der Waals surface area (Å²) in [5.41, 5.74) is 5.60. The highest BCUT2D eigenvalue weighted by atomic mass is 16.6. The van der Waals surface area contributed by atoms with Crippen LogP contribution < -0.4 is 0 Å². The highest BCUT2D eigenvalue weighted by Gasteiger charge is 2.30. The number of carboxylic acids is 1. The molecule has 0 heterocycles. The van der Waals surface area contributed by atoms with Crippen LogP contribution in [0.1, 0.15) is 22.6 Å². The van der Waals surface area contributed by atoms with Crippen molar-refractivity contribution in [3.05, 3.63) is 95.6 Å². The molecule has 3 aromatic rings. The summed E-state index contributed by atoms with van der Waals surface area (Å²) in [5, 5.41) is 9.22. The van der Waals surface area contributed by atoms with Gasteiger partial charge in [0.1, 0.15) is 13.2 Å². The third-order valence-electron chi connectivity index (χ3n) is 5.43. The van der Waals surface area contributed by atoms with E-state index in [0.717, 1.165) is 27.8 Å². The maximum absolute atomic E-state index is 12.7. The van der Waals surface area contributed by atoms with Crippen molar-refractivity contribution in [2.75, 3.05) is 19.7 Å². The van der Waals surface area contributed by atoms with Crippen LogP contribution in [0.2, 0.25) is 0 Å². The summed E-state index contributed by atoms with van der Waals surface area (Å²) in [6, 6.07) is 25.9. The van der Waals surface area contributed by atoms with Crippen molar-refractivity contribution >= 4 is 12.1 Å². The molecule has 0 unspecified atom stereocenters. The molecule has 3 aromatic carbocycles. The monoisotopic (exact) mass is 401 g/mol. The van der Waals surface area contributed by atoms with Crippen LogP contribution in [0.4, 0.5) is 4.79 Å². The van der Waals surface area contributed by atoms with Gasteiger partial charge in [0.05, 0.1) is 0 Å². The second-order valence-corrected chi connectivity index (χ2v) is 7.35. The zero-order chi connectivity index (χ0) is 20.9. The average molecular weight is 401 g/mol. The predicted molar refractivity (Wildman–Crippen MR) is 114 cm³/mol. The molecule has 30 heavy (non-hydrogen) atoms. The van der Waals surface area contributed by atoms with Crippen LogP contribution in [-0.4, -0.2) is 41.8 Å². The Morgan fingerprint density at radius 2 is 1.40 bits per heavy atom. The van der Waals surface area contributed by atoms with Crippen molar-refractivity contribution < 1.29 is 19.4 Å². The first-order chi connectivity index (χ1) is 14.6. The summed E-state index contributed by atoms with van der Waals surface area (Å²) in [4.78, 5) is 25.2. The summed E-state index contributed by atoms with van der Waals surface area (Å²) in [7, 11) is 0. The number of carbonyl (C=O) groups is 2. The van der Waals surface area contributed by atoms with E-state index in [1.165, 1.54) is 4.90 Å². The van der Waals surface area contributed by atoms with Gasteiger partial charge in [-0.15, -0.1) is 0 Å². The van der Waals surface area contributed by atoms with Crippen molar-refractivity contribution in [3.8, 4) is 11.1 Å². The molecular formula is C25H23NO4. The van der Waals surface area contributed by atoms with Gasteiger partial charge < -0.3 is 9.84 Å². The van der Waals surface area contributed by atoms with E-state index in [0.29, 0.717) is 6.42 Å². The Hall–Kier alpha value is -3.60. The summed E-state index contributed by atoms with van der Waals surface area (Å²) in [5.74, 6) is -1.11. The van der Waals surface area contributed by atoms with E-state index in [9.17, 15) is 14.7 Å². The molecule has 1 amide bonds. The first-order valence-corrected chi connectivity index (χ1v) is 9.99. The minimum atomic E-state index is -1.06. The third kappa shape index (κ3) is 4.20. The largest absolute Gasteiger partial charge is 0.480 e. The molecule has 0 saturated carbocycles. The Kier molecular flexibility index (Phi) is 5.80. The summed E-state index contributed by atoms with van der Waals surface area (Å²) in [6.45, 7) is 0.0742. The lowest BCUT2D eigenvalue weighted by Crippen LogP contribution is -2.38. The van der Waals surface area contributed by atoms with Crippen molar-refractivity contribution in [2.24, 2.45) is 0 Å². The maximum atomic E-state index is 12.7. The number of carbonyl (C=O) groups excluding carboxylic acids is 1. The SMILES string of the molecule is O=C(O)CN(CCc1ccccc1)C(=O)OCC1c2ccccc2-c2ccccc21. The molecule has 1 aliphatic rings. The highest BCUT2D eigenvalue weighted by molar-refractivity contribution is 5.79. The fourth-order valence-electron chi connectivity index (χ4n) is 3.99. The number of hydrogen-bond acceptors (Lipinski definition) is 3. The number of amides is 1. The Balaban J connectivity index is 1.46. The second-order valence-electron chi connectivity index (χ2n) is 7.35. The molecule has 5 heteroatoms. The van der Waals surface area contributed by atoms with E-state index >= 15 is 0 Å². The number of aliphatic carboxylic acids is 1. The summed E-state index contributed by atoms with van der Waals surface area (Å²) in [6.07, 6.45) is -0.0339. The molecular weight excluding hydrogens is 378 g/mol. The predicted octanol–water partition coefficient (Wildman–Crippen LogP) is 4.56. The van der Waals surface area contributed by atoms with E-state index in [1.807, 2.05) is 54.6 Å². The molecule has 0 bridgehead atoms. The zero-order valence-electron chi connectivity index (χ0n) is 16.5. The molecule has 0 aliphatic heterocycles. The van der Waals surface area contributed by atoms with E-state index < -0.39 is 12.1 Å². The average Bonchev–Trinajstić information content (AvgIpc) is 3.09. The standard InChI is InChI=1S/C25H23NO4/c27-24(28)16-26(15-14-18-8-2-1-3-9-18)25(29)30-17-23-21-12-6-4-10-19(21)20-11-5-7-13-22(20)23/h1-13,23H,14-17H2,(H,27,28). The topological polar surface area (TPSA) is 66.8 Å². The third-order valence-corrected chi connectivity index (χ3v) is 5.43. The minimum Gasteiger partial charge on any atom is -0.480 e. The van der Waals surface area contributed by atoms with Gasteiger partial charge in [0.25, 0.3) is 0 Å². The fraction of sp³-hybridized carbons (Fsp3) is 0.200. The smallest absolute Gasteiger partial charge is 0.410 e. The van der Waals surface area contributed by atoms with Crippen molar-refractivity contribution in [2.45, 2.75) is 12.3 Å². The summed E-state index contributed by atoms with van der Waals surface area (Å²) >= 11 is 0. The number of hydrogen-bond donors (Lipinski definition) is 1. The van der Waals surface area contributed by atoms with Gasteiger partial charge in [-0.1, -0.05) is 78.9 Å². The van der Waals surface area contributed by atoms with Gasteiger partial charge in [-0.3, -0.25) is 9.69 Å². The number of ether oxygens (including phenoxy) is 1. The molecule has 0 saturated heterocycles. The van der Waals surface area contributed by atoms with Gasteiger partial charge in [-0.2, -0.15) is 0 Å². The van der Waals surface area contributed by atoms with Crippen LogP contribution in [-0.2, 0) is 16.0 Å². The van der Waals surface area contributed by atoms with Crippen LogP contribution in [0.15, 0.2) is 78.9 Å². The van der Waals surface area contributed by atoms with Gasteiger partial charge in [0, 0.05) is 12.5 Å². The summed E-state index contributed by atoms with van der Waals surface area (Å²) < 4.78 is 5.61. The number of fused-ring (bicyclic) bond motifs is 3. The molecule has 0 fully saturated rings. The van der Waals surface area contributed by atoms with Crippen LogP contribution in [0, 0.1) is 0 Å². The molecule has 1 aliphatic carbocycles. The Labute approximate surface area is 175 Å². The maximum Gasteiger partial charge on any atom is 0.410 e. The van der Waals surface area contributed by atoms with Crippen LogP contribution in [0.5, 0.6) is 0 Å². The van der Waals surface area contributed by atoms with E-state index in [-0.39, 0.29) is 25.6 Å². The number of benzene rings is 3. The van der Waals surface area contributed by atoms with Crippen LogP contribution in [0.25, 0.3) is 11.1 Å². The second kappa shape index (κ2) is 8.82. The first kappa shape index (κ1) is 19.7. The highest BCUT2D eigenvalue weighted by Crippen LogP contribution is 2.44. The molecule has 152 valence electrons. The molecule has 0 atom stereocenters. The first-order valence-electron chi connectivity index (χ1n) is 9.99. The van der Waals surface area contributed by atoms with Gasteiger partial charge in [-0.25, -0.2) is 4.79 Å². The lowest BCUT2D eigenvalue weighted by Gasteiger charge is -2.22. The van der Waals surface area contributed by atoms with E-state index in [2.05, 4.69) is 24.3 Å². The molecule has 0 aromatic heterocycles. The van der Waals surface area contributed by atoms with Gasteiger partial charge in [-0.05, 0) is 34.2 Å².